The molecule has 5 heteroatoms. The number of nitrogens with one attached hydrogen (secondary N) is 1. The van der Waals surface area contributed by atoms with Crippen molar-refractivity contribution in [3.05, 3.63) is 29.6 Å². The molecule has 0 amide bonds. The molecule has 0 bridgehead atoms. The largest absolute Gasteiger partial charge is 0.384 e. The van der Waals surface area contributed by atoms with Gasteiger partial charge in [-0.3, -0.25) is 0 Å². The van der Waals surface area contributed by atoms with Crippen LogP contribution in [0.3, 0.4) is 0 Å². The lowest BCUT2D eigenvalue weighted by atomic mass is 10.2. The summed E-state index contributed by atoms with van der Waals surface area (Å²) >= 11 is 1.49. The van der Waals surface area contributed by atoms with Crippen molar-refractivity contribution in [2.24, 2.45) is 0 Å². The molecule has 1 N–H and O–H groups in total. The Morgan fingerprint density at radius 1 is 1.22 bits per heavy atom. The van der Waals surface area contributed by atoms with Crippen molar-refractivity contribution in [3.63, 3.8) is 0 Å². The van der Waals surface area contributed by atoms with E-state index in [9.17, 15) is 4.39 Å². The molecule has 0 radical (unpaired) electrons. The van der Waals surface area contributed by atoms with E-state index >= 15 is 0 Å². The smallest absolute Gasteiger partial charge is 0.137 e. The van der Waals surface area contributed by atoms with Gasteiger partial charge in [0.15, 0.2) is 0 Å². The highest BCUT2D eigenvalue weighted by atomic mass is 32.2. The maximum Gasteiger partial charge on any atom is 0.137 e. The van der Waals surface area contributed by atoms with E-state index in [-0.39, 0.29) is 5.82 Å². The lowest BCUT2D eigenvalue weighted by Gasteiger charge is -2.11. The van der Waals surface area contributed by atoms with Crippen molar-refractivity contribution < 1.29 is 13.9 Å². The number of ether oxygens (including phenoxy) is 2. The minimum atomic E-state index is -0.165. The third-order valence-corrected chi connectivity index (χ3v) is 3.50. The van der Waals surface area contributed by atoms with Gasteiger partial charge in [-0.1, -0.05) is 12.1 Å². The Balaban J connectivity index is 2.56. The van der Waals surface area contributed by atoms with E-state index in [1.807, 2.05) is 6.07 Å². The van der Waals surface area contributed by atoms with Crippen LogP contribution in [-0.2, 0) is 16.0 Å². The van der Waals surface area contributed by atoms with Crippen LogP contribution in [0.5, 0.6) is 0 Å². The number of hydrogen-bond donors (Lipinski definition) is 1. The Kier molecular flexibility index (Phi) is 8.00. The summed E-state index contributed by atoms with van der Waals surface area (Å²) in [6.07, 6.45) is 0. The number of methoxy groups -OCH3 is 2. The van der Waals surface area contributed by atoms with Crippen LogP contribution in [0, 0.1) is 5.82 Å². The zero-order chi connectivity index (χ0) is 13.2. The van der Waals surface area contributed by atoms with E-state index in [0.717, 1.165) is 17.9 Å². The van der Waals surface area contributed by atoms with Crippen molar-refractivity contribution in [2.75, 3.05) is 39.7 Å². The Hall–Kier alpha value is -0.620. The first kappa shape index (κ1) is 15.4. The van der Waals surface area contributed by atoms with Gasteiger partial charge in [0.25, 0.3) is 0 Å². The summed E-state index contributed by atoms with van der Waals surface area (Å²) in [5.41, 5.74) is 0.979. The van der Waals surface area contributed by atoms with E-state index < -0.39 is 0 Å². The van der Waals surface area contributed by atoms with Crippen LogP contribution in [0.15, 0.2) is 23.1 Å². The molecule has 0 spiro atoms. The van der Waals surface area contributed by atoms with Crippen LogP contribution in [0.2, 0.25) is 0 Å². The molecule has 0 saturated carbocycles. The highest BCUT2D eigenvalue weighted by Gasteiger charge is 2.08. The third-order valence-electron chi connectivity index (χ3n) is 2.38. The summed E-state index contributed by atoms with van der Waals surface area (Å²) in [7, 11) is 3.31. The molecule has 0 aliphatic carbocycles. The molecule has 0 saturated heterocycles. The average molecular weight is 273 g/mol. The molecule has 0 fully saturated rings. The van der Waals surface area contributed by atoms with Gasteiger partial charge in [-0.2, -0.15) is 0 Å². The normalized spacial score (nSPS) is 10.8. The van der Waals surface area contributed by atoms with Crippen molar-refractivity contribution in [1.82, 2.24) is 5.32 Å². The van der Waals surface area contributed by atoms with Gasteiger partial charge in [-0.25, -0.2) is 4.39 Å². The van der Waals surface area contributed by atoms with Crippen molar-refractivity contribution in [1.29, 1.82) is 0 Å². The lowest BCUT2D eigenvalue weighted by molar-refractivity contribution is 0.199. The predicted molar refractivity (Wildman–Crippen MR) is 72.6 cm³/mol. The number of hydrogen-bond acceptors (Lipinski definition) is 4. The van der Waals surface area contributed by atoms with E-state index in [1.165, 1.54) is 17.8 Å². The van der Waals surface area contributed by atoms with Crippen LogP contribution in [0.4, 0.5) is 4.39 Å². The molecule has 0 aliphatic heterocycles. The monoisotopic (exact) mass is 273 g/mol. The van der Waals surface area contributed by atoms with Crippen molar-refractivity contribution in [2.45, 2.75) is 11.4 Å². The second kappa shape index (κ2) is 9.33. The van der Waals surface area contributed by atoms with E-state index in [1.54, 1.807) is 20.3 Å². The summed E-state index contributed by atoms with van der Waals surface area (Å²) in [6.45, 7) is 2.68. The molecule has 1 aromatic rings. The first-order valence-electron chi connectivity index (χ1n) is 5.88. The molecule has 0 unspecified atom stereocenters. The Morgan fingerprint density at radius 2 is 2.00 bits per heavy atom. The zero-order valence-electron chi connectivity index (χ0n) is 10.9. The standard InChI is InChI=1S/C13H20FNO2S/c1-16-7-6-15-10-11-4-3-5-12(14)13(11)18-9-8-17-2/h3-5,15H,6-10H2,1-2H3. The van der Waals surface area contributed by atoms with Crippen LogP contribution >= 0.6 is 11.8 Å². The highest BCUT2D eigenvalue weighted by molar-refractivity contribution is 7.99. The zero-order valence-corrected chi connectivity index (χ0v) is 11.7. The summed E-state index contributed by atoms with van der Waals surface area (Å²) in [6, 6.07) is 5.18. The second-order valence-corrected chi connectivity index (χ2v) is 4.84. The number of rotatable bonds is 9. The summed E-state index contributed by atoms with van der Waals surface area (Å²) in [4.78, 5) is 0.708. The number of halogens is 1. The molecule has 18 heavy (non-hydrogen) atoms. The lowest BCUT2D eigenvalue weighted by Crippen LogP contribution is -2.19. The summed E-state index contributed by atoms with van der Waals surface area (Å²) in [5, 5.41) is 3.22. The second-order valence-electron chi connectivity index (χ2n) is 3.74. The molecular weight excluding hydrogens is 253 g/mol. The molecule has 102 valence electrons. The molecule has 0 heterocycles. The van der Waals surface area contributed by atoms with Gasteiger partial charge < -0.3 is 14.8 Å². The fourth-order valence-corrected chi connectivity index (χ4v) is 2.46. The van der Waals surface area contributed by atoms with Crippen molar-refractivity contribution in [3.8, 4) is 0 Å². The molecule has 1 aromatic carbocycles. The minimum absolute atomic E-state index is 0.165. The third kappa shape index (κ3) is 5.35. The average Bonchev–Trinajstić information content (AvgIpc) is 2.37. The van der Waals surface area contributed by atoms with Crippen molar-refractivity contribution >= 4 is 11.8 Å². The van der Waals surface area contributed by atoms with Crippen LogP contribution in [-0.4, -0.2) is 39.7 Å². The minimum Gasteiger partial charge on any atom is -0.384 e. The fraction of sp³-hybridized carbons (Fsp3) is 0.538. The van der Waals surface area contributed by atoms with E-state index in [4.69, 9.17) is 9.47 Å². The molecule has 3 nitrogen and oxygen atoms in total. The van der Waals surface area contributed by atoms with E-state index in [0.29, 0.717) is 24.7 Å². The first-order valence-corrected chi connectivity index (χ1v) is 6.87. The molecule has 0 aliphatic rings. The van der Waals surface area contributed by atoms with Gasteiger partial charge >= 0.3 is 0 Å². The van der Waals surface area contributed by atoms with Gasteiger partial charge in [-0.15, -0.1) is 11.8 Å². The van der Waals surface area contributed by atoms with Gasteiger partial charge in [0, 0.05) is 38.0 Å². The predicted octanol–water partition coefficient (Wildman–Crippen LogP) is 2.30. The Bertz CT molecular complexity index is 350. The van der Waals surface area contributed by atoms with Crippen LogP contribution < -0.4 is 5.32 Å². The number of thioether (sulfide) groups is 1. The molecule has 0 aromatic heterocycles. The first-order chi connectivity index (χ1) is 8.79. The van der Waals surface area contributed by atoms with Gasteiger partial charge in [-0.05, 0) is 11.6 Å². The van der Waals surface area contributed by atoms with Crippen LogP contribution in [0.25, 0.3) is 0 Å². The maximum absolute atomic E-state index is 13.7. The van der Waals surface area contributed by atoms with E-state index in [2.05, 4.69) is 5.32 Å². The summed E-state index contributed by atoms with van der Waals surface area (Å²) < 4.78 is 23.7. The Labute approximate surface area is 112 Å². The Morgan fingerprint density at radius 3 is 2.72 bits per heavy atom. The maximum atomic E-state index is 13.7. The molecule has 0 atom stereocenters. The molecular formula is C13H20FNO2S. The quantitative estimate of drug-likeness (QED) is 0.552. The molecule has 1 rings (SSSR count). The highest BCUT2D eigenvalue weighted by Crippen LogP contribution is 2.25. The number of benzene rings is 1. The van der Waals surface area contributed by atoms with Gasteiger partial charge in [0.1, 0.15) is 5.82 Å². The summed E-state index contributed by atoms with van der Waals surface area (Å²) in [5.74, 6) is 0.588. The SMILES string of the molecule is COCCNCc1cccc(F)c1SCCOC. The topological polar surface area (TPSA) is 30.5 Å². The van der Waals surface area contributed by atoms with Crippen LogP contribution in [0.1, 0.15) is 5.56 Å². The fourth-order valence-electron chi connectivity index (χ4n) is 1.48. The van der Waals surface area contributed by atoms with Gasteiger partial charge in [0.05, 0.1) is 13.2 Å². The van der Waals surface area contributed by atoms with Gasteiger partial charge in [0.2, 0.25) is 0 Å².